The van der Waals surface area contributed by atoms with Crippen molar-refractivity contribution in [2.75, 3.05) is 31.6 Å². The molecule has 0 spiro atoms. The second kappa shape index (κ2) is 8.76. The summed E-state index contributed by atoms with van der Waals surface area (Å²) in [5.41, 5.74) is 3.48. The van der Waals surface area contributed by atoms with Gasteiger partial charge in [-0.1, -0.05) is 18.2 Å². The standard InChI is InChI=1S/C24H23N5O3S/c1-15-21-17(14-19(20-8-5-13-33-20)25-22(21)28(2)27-15)23(30)26-18-7-4-3-6-16(18)24(31)29-9-11-32-12-10-29/h3-8,13-14H,9-12H2,1-2H3,(H,26,30). The number of fused-ring (bicyclic) bond motifs is 1. The Balaban J connectivity index is 1.54. The third kappa shape index (κ3) is 4.01. The van der Waals surface area contributed by atoms with Crippen LogP contribution >= 0.6 is 11.3 Å². The minimum absolute atomic E-state index is 0.120. The van der Waals surface area contributed by atoms with Gasteiger partial charge in [-0.15, -0.1) is 11.3 Å². The molecule has 0 atom stereocenters. The fourth-order valence-corrected chi connectivity index (χ4v) is 4.77. The number of nitrogens with zero attached hydrogens (tertiary/aromatic N) is 4. The zero-order valence-corrected chi connectivity index (χ0v) is 19.2. The predicted molar refractivity (Wildman–Crippen MR) is 128 cm³/mol. The van der Waals surface area contributed by atoms with Gasteiger partial charge in [0.25, 0.3) is 11.8 Å². The van der Waals surface area contributed by atoms with Crippen LogP contribution in [0.25, 0.3) is 21.6 Å². The molecule has 1 saturated heterocycles. The molecule has 5 rings (SSSR count). The number of amides is 2. The van der Waals surface area contributed by atoms with E-state index in [0.717, 1.165) is 10.6 Å². The van der Waals surface area contributed by atoms with Gasteiger partial charge in [-0.2, -0.15) is 5.10 Å². The van der Waals surface area contributed by atoms with Crippen LogP contribution in [0.5, 0.6) is 0 Å². The molecular formula is C24H23N5O3S. The summed E-state index contributed by atoms with van der Waals surface area (Å²) in [5.74, 6) is -0.426. The number of carbonyl (C=O) groups is 2. The number of rotatable bonds is 4. The highest BCUT2D eigenvalue weighted by atomic mass is 32.1. The molecule has 1 aromatic carbocycles. The van der Waals surface area contributed by atoms with Crippen LogP contribution in [0.2, 0.25) is 0 Å². The summed E-state index contributed by atoms with van der Waals surface area (Å²) < 4.78 is 7.05. The number of morpholine rings is 1. The maximum Gasteiger partial charge on any atom is 0.256 e. The number of carbonyl (C=O) groups excluding carboxylic acids is 2. The van der Waals surface area contributed by atoms with E-state index in [9.17, 15) is 9.59 Å². The summed E-state index contributed by atoms with van der Waals surface area (Å²) >= 11 is 1.56. The van der Waals surface area contributed by atoms with E-state index < -0.39 is 0 Å². The number of nitrogens with one attached hydrogen (secondary N) is 1. The second-order valence-corrected chi connectivity index (χ2v) is 8.79. The number of aromatic nitrogens is 3. The summed E-state index contributed by atoms with van der Waals surface area (Å²) in [4.78, 5) is 34.1. The Bertz CT molecular complexity index is 1340. The van der Waals surface area contributed by atoms with E-state index in [0.29, 0.717) is 59.8 Å². The molecule has 8 nitrogen and oxygen atoms in total. The van der Waals surface area contributed by atoms with E-state index in [1.54, 1.807) is 51.3 Å². The van der Waals surface area contributed by atoms with Crippen LogP contribution in [0.1, 0.15) is 26.4 Å². The molecule has 4 heterocycles. The Kier molecular flexibility index (Phi) is 5.65. The zero-order valence-electron chi connectivity index (χ0n) is 18.4. The first kappa shape index (κ1) is 21.3. The number of para-hydroxylation sites is 1. The average molecular weight is 462 g/mol. The first-order valence-corrected chi connectivity index (χ1v) is 11.6. The summed E-state index contributed by atoms with van der Waals surface area (Å²) in [7, 11) is 1.82. The van der Waals surface area contributed by atoms with Gasteiger partial charge in [-0.05, 0) is 36.6 Å². The third-order valence-corrected chi connectivity index (χ3v) is 6.58. The van der Waals surface area contributed by atoms with Crippen molar-refractivity contribution < 1.29 is 14.3 Å². The molecule has 33 heavy (non-hydrogen) atoms. The Morgan fingerprint density at radius 3 is 2.64 bits per heavy atom. The normalized spacial score (nSPS) is 13.9. The second-order valence-electron chi connectivity index (χ2n) is 7.84. The van der Waals surface area contributed by atoms with Gasteiger partial charge >= 0.3 is 0 Å². The molecule has 9 heteroatoms. The molecule has 0 aliphatic carbocycles. The molecule has 2 amide bonds. The predicted octanol–water partition coefficient (Wildman–Crippen LogP) is 3.73. The van der Waals surface area contributed by atoms with E-state index in [1.165, 1.54) is 0 Å². The Morgan fingerprint density at radius 1 is 1.09 bits per heavy atom. The lowest BCUT2D eigenvalue weighted by atomic mass is 10.1. The van der Waals surface area contributed by atoms with E-state index in [4.69, 9.17) is 9.72 Å². The molecule has 0 radical (unpaired) electrons. The number of pyridine rings is 1. The van der Waals surface area contributed by atoms with E-state index in [-0.39, 0.29) is 11.8 Å². The van der Waals surface area contributed by atoms with Gasteiger partial charge in [0.15, 0.2) is 5.65 Å². The SMILES string of the molecule is Cc1nn(C)c2nc(-c3cccs3)cc(C(=O)Nc3ccccc3C(=O)N3CCOCC3)c12. The molecule has 1 aliphatic rings. The van der Waals surface area contributed by atoms with Crippen LogP contribution in [0.3, 0.4) is 0 Å². The zero-order chi connectivity index (χ0) is 22.9. The first-order valence-electron chi connectivity index (χ1n) is 10.7. The number of ether oxygens (including phenoxy) is 1. The minimum atomic E-state index is -0.307. The van der Waals surface area contributed by atoms with Gasteiger partial charge in [-0.25, -0.2) is 4.98 Å². The topological polar surface area (TPSA) is 89.3 Å². The van der Waals surface area contributed by atoms with E-state index in [1.807, 2.05) is 31.5 Å². The minimum Gasteiger partial charge on any atom is -0.378 e. The lowest BCUT2D eigenvalue weighted by Crippen LogP contribution is -2.41. The number of thiophene rings is 1. The van der Waals surface area contributed by atoms with E-state index >= 15 is 0 Å². The van der Waals surface area contributed by atoms with Gasteiger partial charge in [0, 0.05) is 20.1 Å². The van der Waals surface area contributed by atoms with Crippen molar-refractivity contribution in [1.29, 1.82) is 0 Å². The molecule has 168 valence electrons. The quantitative estimate of drug-likeness (QED) is 0.500. The van der Waals surface area contributed by atoms with Gasteiger partial charge < -0.3 is 15.0 Å². The molecule has 1 N–H and O–H groups in total. The average Bonchev–Trinajstić information content (AvgIpc) is 3.47. The van der Waals surface area contributed by atoms with Crippen LogP contribution in [0, 0.1) is 6.92 Å². The summed E-state index contributed by atoms with van der Waals surface area (Å²) in [6.45, 7) is 3.96. The molecule has 0 bridgehead atoms. The third-order valence-electron chi connectivity index (χ3n) is 5.69. The van der Waals surface area contributed by atoms with E-state index in [2.05, 4.69) is 10.4 Å². The van der Waals surface area contributed by atoms with Crippen LogP contribution in [0.4, 0.5) is 5.69 Å². The van der Waals surface area contributed by atoms with Gasteiger partial charge in [0.1, 0.15) is 0 Å². The molecular weight excluding hydrogens is 438 g/mol. The van der Waals surface area contributed by atoms with Gasteiger partial charge in [0.05, 0.1) is 51.7 Å². The highest BCUT2D eigenvalue weighted by Gasteiger charge is 2.24. The maximum absolute atomic E-state index is 13.5. The fourth-order valence-electron chi connectivity index (χ4n) is 4.08. The fraction of sp³-hybridized carbons (Fsp3) is 0.250. The van der Waals surface area contributed by atoms with Crippen LogP contribution in [-0.2, 0) is 11.8 Å². The summed E-state index contributed by atoms with van der Waals surface area (Å²) in [5, 5.41) is 10.1. The molecule has 3 aromatic heterocycles. The Hall–Kier alpha value is -3.56. The van der Waals surface area contributed by atoms with Gasteiger partial charge in [-0.3, -0.25) is 14.3 Å². The molecule has 0 unspecified atom stereocenters. The number of hydrogen-bond acceptors (Lipinski definition) is 6. The largest absolute Gasteiger partial charge is 0.378 e. The molecule has 4 aromatic rings. The number of anilines is 1. The number of hydrogen-bond donors (Lipinski definition) is 1. The van der Waals surface area contributed by atoms with Crippen LogP contribution < -0.4 is 5.32 Å². The maximum atomic E-state index is 13.5. The summed E-state index contributed by atoms with van der Waals surface area (Å²) in [6, 6.07) is 12.8. The van der Waals surface area contributed by atoms with Crippen molar-refractivity contribution in [3.63, 3.8) is 0 Å². The lowest BCUT2D eigenvalue weighted by Gasteiger charge is -2.27. The highest BCUT2D eigenvalue weighted by molar-refractivity contribution is 7.13. The molecule has 1 aliphatic heterocycles. The van der Waals surface area contributed by atoms with Crippen molar-refractivity contribution in [3.8, 4) is 10.6 Å². The summed E-state index contributed by atoms with van der Waals surface area (Å²) in [6.07, 6.45) is 0. The smallest absolute Gasteiger partial charge is 0.256 e. The Labute approximate surface area is 194 Å². The van der Waals surface area contributed by atoms with Crippen LogP contribution in [-0.4, -0.2) is 57.8 Å². The molecule has 1 fully saturated rings. The first-order chi connectivity index (χ1) is 16.0. The Morgan fingerprint density at radius 2 is 1.88 bits per heavy atom. The number of aryl methyl sites for hydroxylation is 2. The van der Waals surface area contributed by atoms with Crippen molar-refractivity contribution in [2.24, 2.45) is 7.05 Å². The van der Waals surface area contributed by atoms with Crippen molar-refractivity contribution in [1.82, 2.24) is 19.7 Å². The van der Waals surface area contributed by atoms with Crippen molar-refractivity contribution >= 4 is 39.9 Å². The number of benzene rings is 1. The monoisotopic (exact) mass is 461 g/mol. The van der Waals surface area contributed by atoms with Gasteiger partial charge in [0.2, 0.25) is 0 Å². The molecule has 0 saturated carbocycles. The highest BCUT2D eigenvalue weighted by Crippen LogP contribution is 2.30. The van der Waals surface area contributed by atoms with Crippen LogP contribution in [0.15, 0.2) is 47.8 Å². The van der Waals surface area contributed by atoms with Crippen molar-refractivity contribution in [3.05, 3.63) is 64.7 Å². The lowest BCUT2D eigenvalue weighted by molar-refractivity contribution is 0.0303. The van der Waals surface area contributed by atoms with Crippen molar-refractivity contribution in [2.45, 2.75) is 6.92 Å².